The van der Waals surface area contributed by atoms with Gasteiger partial charge in [-0.15, -0.1) is 0 Å². The van der Waals surface area contributed by atoms with Crippen molar-refractivity contribution in [2.24, 2.45) is 0 Å². The Bertz CT molecular complexity index is 494. The van der Waals surface area contributed by atoms with Crippen molar-refractivity contribution < 1.29 is 9.53 Å². The third-order valence-electron chi connectivity index (χ3n) is 1.69. The molecule has 2 aromatic rings. The molecule has 2 rings (SSSR count). The van der Waals surface area contributed by atoms with Crippen molar-refractivity contribution in [3.05, 3.63) is 22.6 Å². The highest BCUT2D eigenvalue weighted by Crippen LogP contribution is 2.13. The van der Waals surface area contributed by atoms with Crippen LogP contribution in [-0.2, 0) is 4.74 Å². The van der Waals surface area contributed by atoms with Gasteiger partial charge in [0.1, 0.15) is 4.60 Å². The number of hydrogen-bond donors (Lipinski definition) is 1. The van der Waals surface area contributed by atoms with Crippen molar-refractivity contribution in [2.75, 3.05) is 7.11 Å². The zero-order valence-corrected chi connectivity index (χ0v) is 8.83. The van der Waals surface area contributed by atoms with Gasteiger partial charge in [-0.25, -0.2) is 14.8 Å². The summed E-state index contributed by atoms with van der Waals surface area (Å²) >= 11 is 3.21. The number of halogens is 1. The molecule has 0 unspecified atom stereocenters. The molecular weight excluding hydrogens is 250 g/mol. The van der Waals surface area contributed by atoms with E-state index in [-0.39, 0.29) is 5.82 Å². The molecule has 2 heterocycles. The van der Waals surface area contributed by atoms with Gasteiger partial charge in [-0.1, -0.05) is 0 Å². The molecular formula is C8H6BrN3O2. The van der Waals surface area contributed by atoms with Gasteiger partial charge in [0.25, 0.3) is 0 Å². The fourth-order valence-electron chi connectivity index (χ4n) is 1.06. The molecule has 0 saturated heterocycles. The molecule has 2 aromatic heterocycles. The van der Waals surface area contributed by atoms with Crippen molar-refractivity contribution >= 4 is 33.1 Å². The van der Waals surface area contributed by atoms with Crippen LogP contribution >= 0.6 is 15.9 Å². The molecule has 0 fully saturated rings. The van der Waals surface area contributed by atoms with Crippen LogP contribution in [0.3, 0.4) is 0 Å². The molecule has 0 radical (unpaired) electrons. The van der Waals surface area contributed by atoms with Gasteiger partial charge in [-0.05, 0) is 28.1 Å². The highest BCUT2D eigenvalue weighted by molar-refractivity contribution is 9.10. The largest absolute Gasteiger partial charge is 0.463 e. The number of esters is 1. The maximum absolute atomic E-state index is 11.1. The molecule has 6 heteroatoms. The van der Waals surface area contributed by atoms with Crippen LogP contribution in [-0.4, -0.2) is 28.0 Å². The lowest BCUT2D eigenvalue weighted by Crippen LogP contribution is -2.02. The van der Waals surface area contributed by atoms with Crippen LogP contribution < -0.4 is 0 Å². The Morgan fingerprint density at radius 2 is 2.29 bits per heavy atom. The highest BCUT2D eigenvalue weighted by atomic mass is 79.9. The van der Waals surface area contributed by atoms with E-state index in [0.717, 1.165) is 0 Å². The second-order valence-corrected chi connectivity index (χ2v) is 3.39. The van der Waals surface area contributed by atoms with Crippen LogP contribution in [0.2, 0.25) is 0 Å². The Kier molecular flexibility index (Phi) is 2.20. The molecule has 72 valence electrons. The van der Waals surface area contributed by atoms with Gasteiger partial charge in [-0.3, -0.25) is 0 Å². The zero-order chi connectivity index (χ0) is 10.1. The minimum Gasteiger partial charge on any atom is -0.463 e. The fraction of sp³-hybridized carbons (Fsp3) is 0.125. The normalized spacial score (nSPS) is 10.4. The number of methoxy groups -OCH3 is 1. The third-order valence-corrected chi connectivity index (χ3v) is 2.13. The van der Waals surface area contributed by atoms with E-state index in [2.05, 4.69) is 35.6 Å². The van der Waals surface area contributed by atoms with Gasteiger partial charge in [-0.2, -0.15) is 0 Å². The second kappa shape index (κ2) is 3.38. The van der Waals surface area contributed by atoms with Gasteiger partial charge < -0.3 is 9.72 Å². The monoisotopic (exact) mass is 255 g/mol. The summed E-state index contributed by atoms with van der Waals surface area (Å²) in [6.45, 7) is 0. The van der Waals surface area contributed by atoms with Gasteiger partial charge in [0.15, 0.2) is 5.65 Å². The predicted octanol–water partition coefficient (Wildman–Crippen LogP) is 1.51. The Morgan fingerprint density at radius 1 is 1.50 bits per heavy atom. The van der Waals surface area contributed by atoms with E-state index >= 15 is 0 Å². The number of aromatic nitrogens is 3. The van der Waals surface area contributed by atoms with Gasteiger partial charge in [0.2, 0.25) is 5.82 Å². The molecule has 0 saturated carbocycles. The molecule has 5 nitrogen and oxygen atoms in total. The summed E-state index contributed by atoms with van der Waals surface area (Å²) in [5, 5.41) is 0. The summed E-state index contributed by atoms with van der Waals surface area (Å²) in [6, 6.07) is 3.55. The number of carbonyl (C=O) groups excluding carboxylic acids is 1. The first-order valence-electron chi connectivity index (χ1n) is 3.81. The number of ether oxygens (including phenoxy) is 1. The fourth-order valence-corrected chi connectivity index (χ4v) is 1.36. The lowest BCUT2D eigenvalue weighted by atomic mass is 10.4. The van der Waals surface area contributed by atoms with Crippen LogP contribution in [0.1, 0.15) is 10.6 Å². The quantitative estimate of drug-likeness (QED) is 0.620. The molecule has 0 aliphatic rings. The van der Waals surface area contributed by atoms with E-state index < -0.39 is 5.97 Å². The number of H-pyrrole nitrogens is 1. The maximum Gasteiger partial charge on any atom is 0.374 e. The first-order valence-corrected chi connectivity index (χ1v) is 4.60. The number of carbonyl (C=O) groups is 1. The highest BCUT2D eigenvalue weighted by Gasteiger charge is 2.11. The third kappa shape index (κ3) is 1.48. The molecule has 0 atom stereocenters. The van der Waals surface area contributed by atoms with E-state index in [1.807, 2.05) is 0 Å². The number of imidazole rings is 1. The lowest BCUT2D eigenvalue weighted by molar-refractivity contribution is 0.0588. The van der Waals surface area contributed by atoms with Gasteiger partial charge in [0, 0.05) is 0 Å². The van der Waals surface area contributed by atoms with Crippen LogP contribution in [0, 0.1) is 0 Å². The Morgan fingerprint density at radius 3 is 3.00 bits per heavy atom. The number of nitrogens with one attached hydrogen (secondary N) is 1. The number of fused-ring (bicyclic) bond motifs is 1. The summed E-state index contributed by atoms with van der Waals surface area (Å²) in [4.78, 5) is 22.0. The average molecular weight is 256 g/mol. The van der Waals surface area contributed by atoms with Crippen molar-refractivity contribution in [3.8, 4) is 0 Å². The van der Waals surface area contributed by atoms with Crippen LogP contribution in [0.15, 0.2) is 16.7 Å². The summed E-state index contributed by atoms with van der Waals surface area (Å²) in [6.07, 6.45) is 0. The van der Waals surface area contributed by atoms with E-state index in [1.54, 1.807) is 12.1 Å². The van der Waals surface area contributed by atoms with E-state index in [1.165, 1.54) is 7.11 Å². The van der Waals surface area contributed by atoms with Crippen molar-refractivity contribution in [1.82, 2.24) is 15.0 Å². The summed E-state index contributed by atoms with van der Waals surface area (Å²) in [7, 11) is 1.30. The SMILES string of the molecule is COC(=O)c1nc2nc(Br)ccc2[nH]1. The molecule has 0 amide bonds. The maximum atomic E-state index is 11.1. The minimum atomic E-state index is -0.501. The molecule has 0 aromatic carbocycles. The Labute approximate surface area is 87.6 Å². The number of nitrogens with zero attached hydrogens (tertiary/aromatic N) is 2. The standard InChI is InChI=1S/C8H6BrN3O2/c1-14-8(13)7-10-4-2-3-5(9)11-6(4)12-7/h2-3H,1H3,(H,10,11,12). The Balaban J connectivity index is 2.56. The van der Waals surface area contributed by atoms with E-state index in [0.29, 0.717) is 15.8 Å². The summed E-state index contributed by atoms with van der Waals surface area (Å²) < 4.78 is 5.20. The summed E-state index contributed by atoms with van der Waals surface area (Å²) in [5.74, 6) is -0.341. The number of rotatable bonds is 1. The molecule has 0 bridgehead atoms. The van der Waals surface area contributed by atoms with E-state index in [9.17, 15) is 4.79 Å². The smallest absolute Gasteiger partial charge is 0.374 e. The van der Waals surface area contributed by atoms with Crippen LogP contribution in [0.5, 0.6) is 0 Å². The number of hydrogen-bond acceptors (Lipinski definition) is 4. The van der Waals surface area contributed by atoms with Gasteiger partial charge in [0.05, 0.1) is 12.6 Å². The number of pyridine rings is 1. The zero-order valence-electron chi connectivity index (χ0n) is 7.24. The number of aromatic amines is 1. The van der Waals surface area contributed by atoms with Crippen LogP contribution in [0.4, 0.5) is 0 Å². The van der Waals surface area contributed by atoms with Crippen molar-refractivity contribution in [3.63, 3.8) is 0 Å². The Hall–Kier alpha value is -1.43. The van der Waals surface area contributed by atoms with Crippen LogP contribution in [0.25, 0.3) is 11.2 Å². The average Bonchev–Trinajstić information content (AvgIpc) is 2.59. The first kappa shape index (κ1) is 9.14. The molecule has 14 heavy (non-hydrogen) atoms. The molecule has 1 N–H and O–H groups in total. The molecule has 0 spiro atoms. The lowest BCUT2D eigenvalue weighted by Gasteiger charge is -1.90. The topological polar surface area (TPSA) is 67.9 Å². The van der Waals surface area contributed by atoms with Crippen molar-refractivity contribution in [1.29, 1.82) is 0 Å². The second-order valence-electron chi connectivity index (χ2n) is 2.58. The summed E-state index contributed by atoms with van der Waals surface area (Å²) in [5.41, 5.74) is 1.19. The minimum absolute atomic E-state index is 0.160. The first-order chi connectivity index (χ1) is 6.70. The predicted molar refractivity (Wildman–Crippen MR) is 52.9 cm³/mol. The molecule has 0 aliphatic carbocycles. The molecule has 0 aliphatic heterocycles. The van der Waals surface area contributed by atoms with E-state index in [4.69, 9.17) is 0 Å². The van der Waals surface area contributed by atoms with Gasteiger partial charge >= 0.3 is 5.97 Å². The van der Waals surface area contributed by atoms with Crippen molar-refractivity contribution in [2.45, 2.75) is 0 Å².